The Hall–Kier alpha value is -1.59. The van der Waals surface area contributed by atoms with Crippen molar-refractivity contribution in [1.29, 1.82) is 0 Å². The number of nitrogens with zero attached hydrogens (tertiary/aromatic N) is 1. The fourth-order valence-corrected chi connectivity index (χ4v) is 3.25. The Morgan fingerprint density at radius 2 is 2.15 bits per heavy atom. The fourth-order valence-electron chi connectivity index (χ4n) is 3.25. The van der Waals surface area contributed by atoms with Crippen LogP contribution in [-0.2, 0) is 11.3 Å². The summed E-state index contributed by atoms with van der Waals surface area (Å²) in [7, 11) is 0. The Morgan fingerprint density at radius 1 is 1.40 bits per heavy atom. The van der Waals surface area contributed by atoms with Crippen molar-refractivity contribution < 1.29 is 19.7 Å². The molecule has 2 fully saturated rings. The molecular formula is C15H19NO4. The van der Waals surface area contributed by atoms with Crippen LogP contribution in [0.2, 0.25) is 0 Å². The van der Waals surface area contributed by atoms with E-state index in [0.29, 0.717) is 19.4 Å². The van der Waals surface area contributed by atoms with Crippen molar-refractivity contribution in [1.82, 2.24) is 4.90 Å². The maximum absolute atomic E-state index is 12.0. The molecule has 1 amide bonds. The van der Waals surface area contributed by atoms with Crippen molar-refractivity contribution in [3.05, 3.63) is 35.9 Å². The molecule has 1 saturated carbocycles. The Balaban J connectivity index is 1.55. The number of fused-ring (bicyclic) bond motifs is 1. The SMILES string of the molecule is O=C(OCc1ccccc1)N1C[C@@H]2C[C@H](O)C[C@]2(O)C1. The second kappa shape index (κ2) is 5.07. The Bertz CT molecular complexity index is 492. The lowest BCUT2D eigenvalue weighted by atomic mass is 9.95. The second-order valence-corrected chi connectivity index (χ2v) is 5.81. The van der Waals surface area contributed by atoms with Crippen LogP contribution < -0.4 is 0 Å². The topological polar surface area (TPSA) is 70.0 Å². The van der Waals surface area contributed by atoms with Crippen LogP contribution in [0.3, 0.4) is 0 Å². The molecule has 20 heavy (non-hydrogen) atoms. The summed E-state index contributed by atoms with van der Waals surface area (Å²) < 4.78 is 5.26. The van der Waals surface area contributed by atoms with E-state index in [1.165, 1.54) is 0 Å². The highest BCUT2D eigenvalue weighted by Crippen LogP contribution is 2.41. The van der Waals surface area contributed by atoms with Gasteiger partial charge in [-0.3, -0.25) is 0 Å². The summed E-state index contributed by atoms with van der Waals surface area (Å²) in [6, 6.07) is 9.50. The predicted molar refractivity (Wildman–Crippen MR) is 71.9 cm³/mol. The second-order valence-electron chi connectivity index (χ2n) is 5.81. The highest BCUT2D eigenvalue weighted by molar-refractivity contribution is 5.68. The minimum Gasteiger partial charge on any atom is -0.445 e. The number of carbonyl (C=O) groups is 1. The summed E-state index contributed by atoms with van der Waals surface area (Å²) in [5.74, 6) is -0.0400. The van der Waals surface area contributed by atoms with Crippen molar-refractivity contribution in [3.63, 3.8) is 0 Å². The van der Waals surface area contributed by atoms with E-state index in [9.17, 15) is 15.0 Å². The van der Waals surface area contributed by atoms with Crippen molar-refractivity contribution in [2.24, 2.45) is 5.92 Å². The average molecular weight is 277 g/mol. The van der Waals surface area contributed by atoms with E-state index in [0.717, 1.165) is 5.56 Å². The molecule has 0 radical (unpaired) electrons. The molecular weight excluding hydrogens is 258 g/mol. The first kappa shape index (κ1) is 13.4. The number of amides is 1. The number of aliphatic hydroxyl groups is 2. The lowest BCUT2D eigenvalue weighted by Crippen LogP contribution is -2.37. The third kappa shape index (κ3) is 2.51. The number of ether oxygens (including phenoxy) is 1. The van der Waals surface area contributed by atoms with Crippen LogP contribution in [0.25, 0.3) is 0 Å². The van der Waals surface area contributed by atoms with Gasteiger partial charge in [-0.25, -0.2) is 4.79 Å². The van der Waals surface area contributed by atoms with Crippen molar-refractivity contribution in [3.8, 4) is 0 Å². The number of likely N-dealkylation sites (tertiary alicyclic amines) is 1. The van der Waals surface area contributed by atoms with Gasteiger partial charge in [-0.2, -0.15) is 0 Å². The minimum absolute atomic E-state index is 0.0400. The number of hydrogen-bond donors (Lipinski definition) is 2. The van der Waals surface area contributed by atoms with Crippen LogP contribution in [0.15, 0.2) is 30.3 Å². The summed E-state index contributed by atoms with van der Waals surface area (Å²) in [4.78, 5) is 13.5. The number of carbonyl (C=O) groups excluding carboxylic acids is 1. The number of β-amino-alcohol motifs (C(OH)–C–C–N with tert-alkyl or cyclic N) is 1. The third-order valence-electron chi connectivity index (χ3n) is 4.27. The van der Waals surface area contributed by atoms with Gasteiger partial charge < -0.3 is 19.8 Å². The van der Waals surface area contributed by atoms with E-state index in [1.54, 1.807) is 4.90 Å². The molecule has 0 unspecified atom stereocenters. The lowest BCUT2D eigenvalue weighted by molar-refractivity contribution is 0.0177. The monoisotopic (exact) mass is 277 g/mol. The van der Waals surface area contributed by atoms with Crippen LogP contribution in [0.4, 0.5) is 4.79 Å². The van der Waals surface area contributed by atoms with E-state index in [4.69, 9.17) is 4.74 Å². The van der Waals surface area contributed by atoms with Gasteiger partial charge in [-0.15, -0.1) is 0 Å². The molecule has 1 aliphatic carbocycles. The first-order chi connectivity index (χ1) is 9.57. The standard InChI is InChI=1S/C15H19NO4/c17-13-6-12-8-16(10-15(12,19)7-13)14(18)20-9-11-4-2-1-3-5-11/h1-5,12-13,17,19H,6-10H2/t12-,13-,15-/m0/s1. The molecule has 0 bridgehead atoms. The largest absolute Gasteiger partial charge is 0.445 e. The highest BCUT2D eigenvalue weighted by atomic mass is 16.6. The smallest absolute Gasteiger partial charge is 0.410 e. The van der Waals surface area contributed by atoms with Gasteiger partial charge in [0.15, 0.2) is 0 Å². The van der Waals surface area contributed by atoms with E-state index in [1.807, 2.05) is 30.3 Å². The molecule has 1 aromatic rings. The van der Waals surface area contributed by atoms with Gasteiger partial charge in [0, 0.05) is 18.9 Å². The zero-order valence-corrected chi connectivity index (χ0v) is 11.2. The van der Waals surface area contributed by atoms with Crippen LogP contribution >= 0.6 is 0 Å². The molecule has 1 aliphatic heterocycles. The van der Waals surface area contributed by atoms with Crippen molar-refractivity contribution >= 4 is 6.09 Å². The Kier molecular flexibility index (Phi) is 3.40. The molecule has 3 atom stereocenters. The van der Waals surface area contributed by atoms with Crippen LogP contribution in [0, 0.1) is 5.92 Å². The normalized spacial score (nSPS) is 32.2. The number of rotatable bonds is 2. The van der Waals surface area contributed by atoms with Crippen LogP contribution in [-0.4, -0.2) is 46.0 Å². The van der Waals surface area contributed by atoms with Gasteiger partial charge in [0.25, 0.3) is 0 Å². The summed E-state index contributed by atoms with van der Waals surface area (Å²) in [5, 5.41) is 20.0. The Labute approximate surface area is 117 Å². The van der Waals surface area contributed by atoms with Gasteiger partial charge in [0.1, 0.15) is 6.61 Å². The number of benzene rings is 1. The van der Waals surface area contributed by atoms with E-state index >= 15 is 0 Å². The first-order valence-corrected chi connectivity index (χ1v) is 6.93. The summed E-state index contributed by atoms with van der Waals surface area (Å²) in [6.07, 6.45) is 0.0534. The third-order valence-corrected chi connectivity index (χ3v) is 4.27. The van der Waals surface area contributed by atoms with Gasteiger partial charge in [0.2, 0.25) is 0 Å². The minimum atomic E-state index is -0.939. The fraction of sp³-hybridized carbons (Fsp3) is 0.533. The van der Waals surface area contributed by atoms with Crippen molar-refractivity contribution in [2.45, 2.75) is 31.2 Å². The molecule has 2 aliphatic rings. The van der Waals surface area contributed by atoms with Gasteiger partial charge in [-0.1, -0.05) is 30.3 Å². The molecule has 5 heteroatoms. The maximum Gasteiger partial charge on any atom is 0.410 e. The molecule has 0 spiro atoms. The Morgan fingerprint density at radius 3 is 2.85 bits per heavy atom. The molecule has 0 aromatic heterocycles. The zero-order chi connectivity index (χ0) is 14.2. The summed E-state index contributed by atoms with van der Waals surface area (Å²) >= 11 is 0. The van der Waals surface area contributed by atoms with Crippen LogP contribution in [0.1, 0.15) is 18.4 Å². The van der Waals surface area contributed by atoms with E-state index in [2.05, 4.69) is 0 Å². The average Bonchev–Trinajstić information content (AvgIpc) is 2.87. The quantitative estimate of drug-likeness (QED) is 0.850. The van der Waals surface area contributed by atoms with E-state index in [-0.39, 0.29) is 19.1 Å². The zero-order valence-electron chi connectivity index (χ0n) is 11.2. The predicted octanol–water partition coefficient (Wildman–Crippen LogP) is 1.14. The molecule has 1 saturated heterocycles. The van der Waals surface area contributed by atoms with Crippen molar-refractivity contribution in [2.75, 3.05) is 13.1 Å². The molecule has 1 aromatic carbocycles. The lowest BCUT2D eigenvalue weighted by Gasteiger charge is -2.21. The summed E-state index contributed by atoms with van der Waals surface area (Å²) in [5.41, 5.74) is -0.0000658. The van der Waals surface area contributed by atoms with Gasteiger partial charge >= 0.3 is 6.09 Å². The molecule has 1 heterocycles. The summed E-state index contributed by atoms with van der Waals surface area (Å²) in [6.45, 7) is 0.950. The number of aliphatic hydroxyl groups excluding tert-OH is 1. The maximum atomic E-state index is 12.0. The van der Waals surface area contributed by atoms with Gasteiger partial charge in [-0.05, 0) is 12.0 Å². The molecule has 5 nitrogen and oxygen atoms in total. The van der Waals surface area contributed by atoms with Crippen LogP contribution in [0.5, 0.6) is 0 Å². The van der Waals surface area contributed by atoms with Gasteiger partial charge in [0.05, 0.1) is 18.2 Å². The van der Waals surface area contributed by atoms with E-state index < -0.39 is 17.8 Å². The molecule has 2 N–H and O–H groups in total. The molecule has 108 valence electrons. The number of hydrogen-bond acceptors (Lipinski definition) is 4. The highest BCUT2D eigenvalue weighted by Gasteiger charge is 2.53. The first-order valence-electron chi connectivity index (χ1n) is 6.93. The molecule has 3 rings (SSSR count).